The van der Waals surface area contributed by atoms with Gasteiger partial charge >= 0.3 is 0 Å². The fraction of sp³-hybridized carbons (Fsp3) is 0.583. The molecule has 0 saturated carbocycles. The van der Waals surface area contributed by atoms with Crippen LogP contribution in [0.1, 0.15) is 5.69 Å². The van der Waals surface area contributed by atoms with Crippen molar-refractivity contribution >= 4 is 28.1 Å². The molecule has 1 fully saturated rings. The van der Waals surface area contributed by atoms with Gasteiger partial charge in [0.1, 0.15) is 0 Å². The molecule has 0 spiro atoms. The molecule has 0 aliphatic carbocycles. The first-order valence-electron chi connectivity index (χ1n) is 6.18. The third-order valence-corrected chi connectivity index (χ3v) is 5.34. The average molecular weight is 282 g/mol. The smallest absolute Gasteiger partial charge is 0.193 e. The number of hydrogen-bond acceptors (Lipinski definition) is 5. The third-order valence-electron chi connectivity index (χ3n) is 3.53. The average Bonchev–Trinajstić information content (AvgIpc) is 2.90. The van der Waals surface area contributed by atoms with E-state index >= 15 is 0 Å². The molecular weight excluding hydrogens is 264 g/mol. The zero-order chi connectivity index (χ0) is 12.5. The Morgan fingerprint density at radius 1 is 1.61 bits per heavy atom. The topological polar surface area (TPSA) is 46.6 Å². The molecule has 0 amide bonds. The maximum atomic E-state index is 6.36. The number of imidazole rings is 1. The first kappa shape index (κ1) is 12.5. The van der Waals surface area contributed by atoms with Gasteiger partial charge < -0.3 is 10.6 Å². The zero-order valence-electron chi connectivity index (χ0n) is 10.5. The normalized spacial score (nSPS) is 23.6. The number of thiazole rings is 1. The number of rotatable bonds is 3. The molecule has 6 heteroatoms. The van der Waals surface area contributed by atoms with Crippen molar-refractivity contribution in [3.63, 3.8) is 0 Å². The standard InChI is InChI=1S/C12H18N4S2/c1-15-2-4-17-8-11(15)10(13)6-9-7-16-3-5-18-12(16)14-9/h3,5,7,10-11H,2,4,6,8,13H2,1H3. The molecule has 2 N–H and O–H groups in total. The van der Waals surface area contributed by atoms with E-state index in [2.05, 4.69) is 32.9 Å². The number of hydrogen-bond donors (Lipinski definition) is 1. The summed E-state index contributed by atoms with van der Waals surface area (Å²) in [4.78, 5) is 8.06. The van der Waals surface area contributed by atoms with Crippen LogP contribution in [0.15, 0.2) is 17.8 Å². The molecule has 3 heterocycles. The maximum absolute atomic E-state index is 6.36. The monoisotopic (exact) mass is 282 g/mol. The molecule has 2 unspecified atom stereocenters. The SMILES string of the molecule is CN1CCSCC1C(N)Cc1cn2ccsc2n1. The Morgan fingerprint density at radius 3 is 3.28 bits per heavy atom. The van der Waals surface area contributed by atoms with Gasteiger partial charge in [-0.15, -0.1) is 11.3 Å². The fourth-order valence-electron chi connectivity index (χ4n) is 2.41. The Bertz CT molecular complexity index is 492. The molecule has 0 radical (unpaired) electrons. The lowest BCUT2D eigenvalue weighted by atomic mass is 10.0. The molecule has 3 rings (SSSR count). The van der Waals surface area contributed by atoms with Crippen LogP contribution in [-0.2, 0) is 6.42 Å². The van der Waals surface area contributed by atoms with Crippen molar-refractivity contribution < 1.29 is 0 Å². The summed E-state index contributed by atoms with van der Waals surface area (Å²) in [5.74, 6) is 2.36. The summed E-state index contributed by atoms with van der Waals surface area (Å²) >= 11 is 3.67. The summed E-state index contributed by atoms with van der Waals surface area (Å²) in [6.07, 6.45) is 5.01. The van der Waals surface area contributed by atoms with Gasteiger partial charge in [0.15, 0.2) is 4.96 Å². The molecule has 2 aromatic heterocycles. The van der Waals surface area contributed by atoms with Crippen molar-refractivity contribution in [2.45, 2.75) is 18.5 Å². The van der Waals surface area contributed by atoms with Gasteiger partial charge in [0.2, 0.25) is 0 Å². The van der Waals surface area contributed by atoms with Crippen LogP contribution in [0, 0.1) is 0 Å². The number of likely N-dealkylation sites (N-methyl/N-ethyl adjacent to an activating group) is 1. The van der Waals surface area contributed by atoms with Crippen LogP contribution >= 0.6 is 23.1 Å². The van der Waals surface area contributed by atoms with E-state index in [-0.39, 0.29) is 6.04 Å². The van der Waals surface area contributed by atoms with Crippen molar-refractivity contribution in [1.82, 2.24) is 14.3 Å². The summed E-state index contributed by atoms with van der Waals surface area (Å²) < 4.78 is 2.08. The van der Waals surface area contributed by atoms with Crippen LogP contribution in [0.5, 0.6) is 0 Å². The molecule has 18 heavy (non-hydrogen) atoms. The van der Waals surface area contributed by atoms with Crippen molar-refractivity contribution in [1.29, 1.82) is 0 Å². The van der Waals surface area contributed by atoms with E-state index in [9.17, 15) is 0 Å². The van der Waals surface area contributed by atoms with E-state index in [0.29, 0.717) is 6.04 Å². The van der Waals surface area contributed by atoms with Gasteiger partial charge in [-0.05, 0) is 7.05 Å². The molecule has 4 nitrogen and oxygen atoms in total. The zero-order valence-corrected chi connectivity index (χ0v) is 12.1. The van der Waals surface area contributed by atoms with Crippen molar-refractivity contribution in [2.24, 2.45) is 5.73 Å². The summed E-state index contributed by atoms with van der Waals surface area (Å²) in [5.41, 5.74) is 7.47. The highest BCUT2D eigenvalue weighted by molar-refractivity contribution is 7.99. The maximum Gasteiger partial charge on any atom is 0.193 e. The molecule has 1 aliphatic heterocycles. The van der Waals surface area contributed by atoms with Crippen molar-refractivity contribution in [3.05, 3.63) is 23.5 Å². The molecule has 1 saturated heterocycles. The molecule has 0 bridgehead atoms. The summed E-state index contributed by atoms with van der Waals surface area (Å²) in [6, 6.07) is 0.649. The van der Waals surface area contributed by atoms with Crippen LogP contribution in [0.4, 0.5) is 0 Å². The summed E-state index contributed by atoms with van der Waals surface area (Å²) in [7, 11) is 2.18. The number of nitrogens with two attached hydrogens (primary N) is 1. The van der Waals surface area contributed by atoms with Gasteiger partial charge in [-0.1, -0.05) is 0 Å². The van der Waals surface area contributed by atoms with E-state index in [1.807, 2.05) is 18.0 Å². The molecule has 0 aromatic carbocycles. The Morgan fingerprint density at radius 2 is 2.50 bits per heavy atom. The highest BCUT2D eigenvalue weighted by Gasteiger charge is 2.26. The number of nitrogens with zero attached hydrogens (tertiary/aromatic N) is 3. The van der Waals surface area contributed by atoms with Crippen LogP contribution in [0.3, 0.4) is 0 Å². The molecule has 98 valence electrons. The van der Waals surface area contributed by atoms with Crippen molar-refractivity contribution in [2.75, 3.05) is 25.1 Å². The highest BCUT2D eigenvalue weighted by atomic mass is 32.2. The minimum atomic E-state index is 0.174. The Labute approximate surface area is 115 Å². The Balaban J connectivity index is 1.69. The van der Waals surface area contributed by atoms with Crippen molar-refractivity contribution in [3.8, 4) is 0 Å². The fourth-order valence-corrected chi connectivity index (χ4v) is 4.45. The minimum absolute atomic E-state index is 0.174. The Kier molecular flexibility index (Phi) is 3.61. The second kappa shape index (κ2) is 5.21. The molecular formula is C12H18N4S2. The predicted octanol–water partition coefficient (Wildman–Crippen LogP) is 1.31. The van der Waals surface area contributed by atoms with Crippen LogP contribution in [-0.4, -0.2) is 51.5 Å². The van der Waals surface area contributed by atoms with Gasteiger partial charge in [-0.2, -0.15) is 11.8 Å². The second-order valence-electron chi connectivity index (χ2n) is 4.82. The Hall–Kier alpha value is -0.560. The highest BCUT2D eigenvalue weighted by Crippen LogP contribution is 2.19. The summed E-state index contributed by atoms with van der Waals surface area (Å²) in [5, 5.41) is 2.05. The largest absolute Gasteiger partial charge is 0.326 e. The summed E-state index contributed by atoms with van der Waals surface area (Å²) in [6.45, 7) is 1.14. The number of aromatic nitrogens is 2. The van der Waals surface area contributed by atoms with E-state index in [1.165, 1.54) is 5.75 Å². The first-order chi connectivity index (χ1) is 8.74. The minimum Gasteiger partial charge on any atom is -0.326 e. The van der Waals surface area contributed by atoms with E-state index in [1.54, 1.807) is 11.3 Å². The van der Waals surface area contributed by atoms with Crippen LogP contribution < -0.4 is 5.73 Å². The van der Waals surface area contributed by atoms with Gasteiger partial charge in [0.25, 0.3) is 0 Å². The number of thioether (sulfide) groups is 1. The van der Waals surface area contributed by atoms with E-state index in [4.69, 9.17) is 5.73 Å². The molecule has 2 atom stereocenters. The van der Waals surface area contributed by atoms with Gasteiger partial charge in [-0.25, -0.2) is 4.98 Å². The quantitative estimate of drug-likeness (QED) is 0.922. The first-order valence-corrected chi connectivity index (χ1v) is 8.22. The number of fused-ring (bicyclic) bond motifs is 1. The van der Waals surface area contributed by atoms with Gasteiger partial charge in [0.05, 0.1) is 5.69 Å². The lowest BCUT2D eigenvalue weighted by Gasteiger charge is -2.35. The van der Waals surface area contributed by atoms with E-state index in [0.717, 1.165) is 29.4 Å². The second-order valence-corrected chi connectivity index (χ2v) is 6.84. The van der Waals surface area contributed by atoms with Gasteiger partial charge in [-0.3, -0.25) is 4.40 Å². The molecule has 2 aromatic rings. The van der Waals surface area contributed by atoms with Crippen LogP contribution in [0.25, 0.3) is 4.96 Å². The molecule has 1 aliphatic rings. The predicted molar refractivity (Wildman–Crippen MR) is 78.5 cm³/mol. The van der Waals surface area contributed by atoms with E-state index < -0.39 is 0 Å². The van der Waals surface area contributed by atoms with Crippen LogP contribution in [0.2, 0.25) is 0 Å². The lowest BCUT2D eigenvalue weighted by molar-refractivity contribution is 0.235. The third kappa shape index (κ3) is 2.42. The van der Waals surface area contributed by atoms with Gasteiger partial charge in [0, 0.05) is 54.3 Å². The lowest BCUT2D eigenvalue weighted by Crippen LogP contribution is -2.51.